The van der Waals surface area contributed by atoms with Crippen LogP contribution in [-0.4, -0.2) is 41.8 Å². The molecule has 4 fully saturated rings. The number of aliphatic hydroxyl groups is 2. The molecule has 0 aromatic carbocycles. The molecule has 138 valence electrons. The van der Waals surface area contributed by atoms with Gasteiger partial charge in [0.15, 0.2) is 5.78 Å². The van der Waals surface area contributed by atoms with Gasteiger partial charge in [0.2, 0.25) is 0 Å². The maximum absolute atomic E-state index is 13.1. The van der Waals surface area contributed by atoms with Gasteiger partial charge in [-0.25, -0.2) is 0 Å². The van der Waals surface area contributed by atoms with Crippen molar-refractivity contribution in [2.45, 2.75) is 45.4 Å². The zero-order valence-corrected chi connectivity index (χ0v) is 14.9. The van der Waals surface area contributed by atoms with Gasteiger partial charge in [-0.3, -0.25) is 9.59 Å². The molecule has 25 heavy (non-hydrogen) atoms. The molecular formula is C20H28O5. The minimum absolute atomic E-state index is 0.00305. The van der Waals surface area contributed by atoms with Crippen LogP contribution in [0.25, 0.3) is 0 Å². The second-order valence-corrected chi connectivity index (χ2v) is 9.07. The number of ketones is 1. The molecular weight excluding hydrogens is 320 g/mol. The molecule has 0 aromatic rings. The highest BCUT2D eigenvalue weighted by atomic mass is 16.5. The Hall–Kier alpha value is -1.20. The molecule has 1 heterocycles. The van der Waals surface area contributed by atoms with Crippen LogP contribution in [0.15, 0.2) is 12.2 Å². The minimum Gasteiger partial charge on any atom is -0.464 e. The third-order valence-electron chi connectivity index (χ3n) is 8.16. The van der Waals surface area contributed by atoms with Crippen LogP contribution in [0.1, 0.15) is 45.4 Å². The maximum Gasteiger partial charge on any atom is 0.320 e. The lowest BCUT2D eigenvalue weighted by Gasteiger charge is -2.61. The van der Waals surface area contributed by atoms with Gasteiger partial charge >= 0.3 is 5.97 Å². The van der Waals surface area contributed by atoms with Crippen molar-refractivity contribution in [3.63, 3.8) is 0 Å². The third kappa shape index (κ3) is 1.91. The average Bonchev–Trinajstić information content (AvgIpc) is 2.80. The molecule has 6 atom stereocenters. The molecule has 2 bridgehead atoms. The van der Waals surface area contributed by atoms with E-state index in [9.17, 15) is 19.8 Å². The standard InChI is InChI=1S/C20H28O5/c1-12-13-4-5-14-19(7-3-6-18(2,10-22)15(19)9-21)11-25-17(24)20(14,8-13)16(12)23/h13-15,21-22H,1,3-11H2,2H3. The summed E-state index contributed by atoms with van der Waals surface area (Å²) in [5.74, 6) is -0.715. The Morgan fingerprint density at radius 1 is 1.24 bits per heavy atom. The van der Waals surface area contributed by atoms with E-state index < -0.39 is 16.2 Å². The van der Waals surface area contributed by atoms with Crippen molar-refractivity contribution in [1.29, 1.82) is 0 Å². The van der Waals surface area contributed by atoms with Gasteiger partial charge in [0.1, 0.15) is 5.41 Å². The van der Waals surface area contributed by atoms with Crippen LogP contribution in [0.3, 0.4) is 0 Å². The number of carbonyl (C=O) groups excluding carboxylic acids is 2. The summed E-state index contributed by atoms with van der Waals surface area (Å²) in [6.07, 6.45) is 4.77. The molecule has 4 aliphatic rings. The van der Waals surface area contributed by atoms with E-state index in [0.717, 1.165) is 32.1 Å². The number of hydrogen-bond donors (Lipinski definition) is 2. The van der Waals surface area contributed by atoms with Gasteiger partial charge in [0, 0.05) is 18.6 Å². The van der Waals surface area contributed by atoms with Gasteiger partial charge in [-0.05, 0) is 60.8 Å². The SMILES string of the molecule is C=C1C(=O)C23CC1CCC2C1(CCCC(C)(CO)C1CO)COC3=O. The fraction of sp³-hybridized carbons (Fsp3) is 0.800. The molecule has 6 unspecified atom stereocenters. The fourth-order valence-corrected chi connectivity index (χ4v) is 6.84. The predicted molar refractivity (Wildman–Crippen MR) is 90.4 cm³/mol. The smallest absolute Gasteiger partial charge is 0.320 e. The Balaban J connectivity index is 1.85. The number of ether oxygens (including phenoxy) is 1. The quantitative estimate of drug-likeness (QED) is 0.452. The molecule has 3 aliphatic carbocycles. The van der Waals surface area contributed by atoms with Crippen molar-refractivity contribution < 1.29 is 24.5 Å². The van der Waals surface area contributed by atoms with Crippen LogP contribution in [-0.2, 0) is 14.3 Å². The molecule has 4 rings (SSSR count). The van der Waals surface area contributed by atoms with E-state index in [4.69, 9.17) is 4.74 Å². The summed E-state index contributed by atoms with van der Waals surface area (Å²) >= 11 is 0. The van der Waals surface area contributed by atoms with E-state index in [2.05, 4.69) is 6.58 Å². The van der Waals surface area contributed by atoms with Crippen LogP contribution >= 0.6 is 0 Å². The number of aliphatic hydroxyl groups excluding tert-OH is 2. The lowest BCUT2D eigenvalue weighted by Crippen LogP contribution is -2.64. The van der Waals surface area contributed by atoms with E-state index in [1.54, 1.807) is 0 Å². The molecule has 1 aliphatic heterocycles. The Morgan fingerprint density at radius 2 is 2.00 bits per heavy atom. The number of allylic oxidation sites excluding steroid dienone is 1. The number of esters is 1. The van der Waals surface area contributed by atoms with Gasteiger partial charge in [-0.1, -0.05) is 19.9 Å². The van der Waals surface area contributed by atoms with E-state index in [1.165, 1.54) is 0 Å². The first-order valence-electron chi connectivity index (χ1n) is 9.48. The number of Topliss-reactive ketones (excluding diaryl/α,β-unsaturated/α-hetero) is 1. The zero-order valence-electron chi connectivity index (χ0n) is 14.9. The summed E-state index contributed by atoms with van der Waals surface area (Å²) < 4.78 is 5.66. The van der Waals surface area contributed by atoms with Crippen LogP contribution in [0.2, 0.25) is 0 Å². The van der Waals surface area contributed by atoms with E-state index >= 15 is 0 Å². The highest BCUT2D eigenvalue weighted by molar-refractivity contribution is 6.15. The van der Waals surface area contributed by atoms with Crippen LogP contribution in [0.5, 0.6) is 0 Å². The Kier molecular flexibility index (Phi) is 3.72. The second-order valence-electron chi connectivity index (χ2n) is 9.07. The Bertz CT molecular complexity index is 642. The third-order valence-corrected chi connectivity index (χ3v) is 8.16. The zero-order chi connectivity index (χ0) is 18.0. The van der Waals surface area contributed by atoms with Crippen LogP contribution in [0, 0.1) is 34.0 Å². The molecule has 1 saturated heterocycles. The second kappa shape index (κ2) is 5.40. The number of rotatable bonds is 2. The van der Waals surface area contributed by atoms with E-state index in [1.807, 2.05) is 6.92 Å². The van der Waals surface area contributed by atoms with Crippen molar-refractivity contribution >= 4 is 11.8 Å². The number of carbonyl (C=O) groups is 2. The predicted octanol–water partition coefficient (Wildman–Crippen LogP) is 1.86. The number of hydrogen-bond acceptors (Lipinski definition) is 5. The van der Waals surface area contributed by atoms with E-state index in [0.29, 0.717) is 12.0 Å². The summed E-state index contributed by atoms with van der Waals surface area (Å²) in [6, 6.07) is 0. The molecule has 2 spiro atoms. The lowest BCUT2D eigenvalue weighted by atomic mass is 9.44. The highest BCUT2D eigenvalue weighted by Gasteiger charge is 2.71. The molecule has 0 radical (unpaired) electrons. The van der Waals surface area contributed by atoms with Gasteiger partial charge < -0.3 is 14.9 Å². The first kappa shape index (κ1) is 17.2. The van der Waals surface area contributed by atoms with Gasteiger partial charge in [0.25, 0.3) is 0 Å². The monoisotopic (exact) mass is 348 g/mol. The first-order valence-corrected chi connectivity index (χ1v) is 9.48. The summed E-state index contributed by atoms with van der Waals surface area (Å²) in [6.45, 7) is 6.18. The fourth-order valence-electron chi connectivity index (χ4n) is 6.84. The van der Waals surface area contributed by atoms with Gasteiger partial charge in [0.05, 0.1) is 6.61 Å². The molecule has 0 amide bonds. The van der Waals surface area contributed by atoms with Crippen molar-refractivity contribution in [1.82, 2.24) is 0 Å². The van der Waals surface area contributed by atoms with Gasteiger partial charge in [-0.2, -0.15) is 0 Å². The molecule has 3 saturated carbocycles. The molecule has 0 aromatic heterocycles. The van der Waals surface area contributed by atoms with Gasteiger partial charge in [-0.15, -0.1) is 0 Å². The Labute approximate surface area is 148 Å². The lowest BCUT2D eigenvalue weighted by molar-refractivity contribution is -0.220. The van der Waals surface area contributed by atoms with Crippen molar-refractivity contribution in [3.05, 3.63) is 12.2 Å². The number of cyclic esters (lactones) is 1. The van der Waals surface area contributed by atoms with Crippen molar-refractivity contribution in [2.75, 3.05) is 19.8 Å². The number of fused-ring (bicyclic) bond motifs is 2. The van der Waals surface area contributed by atoms with Crippen molar-refractivity contribution in [3.8, 4) is 0 Å². The molecule has 5 nitrogen and oxygen atoms in total. The molecule has 2 N–H and O–H groups in total. The topological polar surface area (TPSA) is 83.8 Å². The van der Waals surface area contributed by atoms with Crippen molar-refractivity contribution in [2.24, 2.45) is 34.0 Å². The Morgan fingerprint density at radius 3 is 2.68 bits per heavy atom. The average molecular weight is 348 g/mol. The van der Waals surface area contributed by atoms with Crippen LogP contribution < -0.4 is 0 Å². The molecule has 5 heteroatoms. The summed E-state index contributed by atoms with van der Waals surface area (Å²) in [7, 11) is 0. The first-order chi connectivity index (χ1) is 11.9. The summed E-state index contributed by atoms with van der Waals surface area (Å²) in [4.78, 5) is 25.9. The normalized spacial score (nSPS) is 49.2. The summed E-state index contributed by atoms with van der Waals surface area (Å²) in [5.41, 5.74) is -1.35. The summed E-state index contributed by atoms with van der Waals surface area (Å²) in [5, 5.41) is 20.3. The maximum atomic E-state index is 13.1. The van der Waals surface area contributed by atoms with E-state index in [-0.39, 0.29) is 49.3 Å². The van der Waals surface area contributed by atoms with Crippen LogP contribution in [0.4, 0.5) is 0 Å². The minimum atomic E-state index is -1.10. The largest absolute Gasteiger partial charge is 0.464 e. The highest BCUT2D eigenvalue weighted by Crippen LogP contribution is 2.67.